The van der Waals surface area contributed by atoms with Gasteiger partial charge in [-0.25, -0.2) is 9.78 Å². The van der Waals surface area contributed by atoms with E-state index in [9.17, 15) is 18.0 Å². The van der Waals surface area contributed by atoms with Gasteiger partial charge in [0.15, 0.2) is 0 Å². The Hall–Kier alpha value is -1.53. The van der Waals surface area contributed by atoms with E-state index in [1.54, 1.807) is 0 Å². The van der Waals surface area contributed by atoms with E-state index in [1.165, 1.54) is 6.92 Å². The maximum absolute atomic E-state index is 12.0. The lowest BCUT2D eigenvalue weighted by Crippen LogP contribution is -2.05. The van der Waals surface area contributed by atoms with Gasteiger partial charge in [-0.2, -0.15) is 13.2 Å². The monoisotopic (exact) mass is 209 g/mol. The lowest BCUT2D eigenvalue weighted by atomic mass is 10.3. The lowest BCUT2D eigenvalue weighted by molar-refractivity contribution is -0.157. The van der Waals surface area contributed by atoms with Crippen LogP contribution in [-0.4, -0.2) is 16.1 Å². The van der Waals surface area contributed by atoms with Crippen molar-refractivity contribution in [1.82, 2.24) is 4.98 Å². The average Bonchev–Trinajstić information content (AvgIpc) is 2.45. The van der Waals surface area contributed by atoms with Crippen LogP contribution in [0.4, 0.5) is 13.2 Å². The fraction of sp³-hybridized carbons (Fsp3) is 0.429. The highest BCUT2D eigenvalue weighted by molar-refractivity contribution is 5.85. The summed E-state index contributed by atoms with van der Waals surface area (Å²) in [6.45, 7) is 1.49. The van der Waals surface area contributed by atoms with Gasteiger partial charge in [-0.05, 0) is 6.42 Å². The minimum atomic E-state index is -4.75. The Morgan fingerprint density at radius 3 is 2.43 bits per heavy atom. The summed E-state index contributed by atoms with van der Waals surface area (Å²) in [6.07, 6.45) is -4.68. The molecule has 0 aliphatic rings. The Balaban J connectivity index is 3.20. The van der Waals surface area contributed by atoms with Gasteiger partial charge in [0.25, 0.3) is 0 Å². The molecule has 0 radical (unpaired) electrons. The maximum Gasteiger partial charge on any atom is 0.468 e. The molecule has 1 aromatic rings. The number of hydrogen-bond donors (Lipinski definition) is 1. The number of carbonyl (C=O) groups is 1. The molecule has 1 heterocycles. The van der Waals surface area contributed by atoms with E-state index < -0.39 is 23.8 Å². The summed E-state index contributed by atoms with van der Waals surface area (Å²) in [5.41, 5.74) is -0.204. The first kappa shape index (κ1) is 10.6. The number of oxazole rings is 1. The van der Waals surface area contributed by atoms with Crippen LogP contribution < -0.4 is 0 Å². The summed E-state index contributed by atoms with van der Waals surface area (Å²) >= 11 is 0. The summed E-state index contributed by atoms with van der Waals surface area (Å²) in [6, 6.07) is 0. The van der Waals surface area contributed by atoms with E-state index in [1.807, 2.05) is 0 Å². The van der Waals surface area contributed by atoms with E-state index in [4.69, 9.17) is 5.11 Å². The van der Waals surface area contributed by atoms with Crippen LogP contribution in [0.2, 0.25) is 0 Å². The minimum Gasteiger partial charge on any atom is -0.475 e. The van der Waals surface area contributed by atoms with E-state index in [-0.39, 0.29) is 12.1 Å². The molecule has 1 N–H and O–H groups in total. The summed E-state index contributed by atoms with van der Waals surface area (Å²) in [7, 11) is 0. The molecule has 0 unspecified atom stereocenters. The topological polar surface area (TPSA) is 63.3 Å². The Bertz CT molecular complexity index is 356. The third kappa shape index (κ3) is 1.86. The van der Waals surface area contributed by atoms with Gasteiger partial charge in [0.05, 0.1) is 5.69 Å². The number of halogens is 3. The first-order valence-corrected chi connectivity index (χ1v) is 3.66. The van der Waals surface area contributed by atoms with Crippen LogP contribution in [0.15, 0.2) is 4.42 Å². The molecule has 0 saturated heterocycles. The highest BCUT2D eigenvalue weighted by Gasteiger charge is 2.39. The zero-order valence-corrected chi connectivity index (χ0v) is 7.05. The Morgan fingerprint density at radius 2 is 2.14 bits per heavy atom. The number of carboxylic acids is 1. The van der Waals surface area contributed by atoms with Crippen LogP contribution in [0, 0.1) is 0 Å². The molecule has 0 atom stereocenters. The molecule has 0 fully saturated rings. The van der Waals surface area contributed by atoms with Crippen molar-refractivity contribution >= 4 is 5.97 Å². The number of hydrogen-bond acceptors (Lipinski definition) is 3. The maximum atomic E-state index is 12.0. The van der Waals surface area contributed by atoms with E-state index in [0.29, 0.717) is 0 Å². The van der Waals surface area contributed by atoms with Crippen LogP contribution in [0.3, 0.4) is 0 Å². The Morgan fingerprint density at radius 1 is 1.57 bits per heavy atom. The van der Waals surface area contributed by atoms with Crippen molar-refractivity contribution in [3.63, 3.8) is 0 Å². The van der Waals surface area contributed by atoms with Crippen molar-refractivity contribution in [2.24, 2.45) is 0 Å². The van der Waals surface area contributed by atoms with Gasteiger partial charge < -0.3 is 9.52 Å². The molecule has 0 aromatic carbocycles. The van der Waals surface area contributed by atoms with Crippen LogP contribution in [0.5, 0.6) is 0 Å². The van der Waals surface area contributed by atoms with Gasteiger partial charge in [-0.1, -0.05) is 6.92 Å². The first-order valence-electron chi connectivity index (χ1n) is 3.66. The average molecular weight is 209 g/mol. The highest BCUT2D eigenvalue weighted by Crippen LogP contribution is 2.30. The smallest absolute Gasteiger partial charge is 0.468 e. The second-order valence-corrected chi connectivity index (χ2v) is 2.45. The van der Waals surface area contributed by atoms with Crippen molar-refractivity contribution in [2.45, 2.75) is 19.5 Å². The fourth-order valence-corrected chi connectivity index (χ4v) is 0.880. The number of carboxylic acid groups (broad SMARTS) is 1. The normalized spacial score (nSPS) is 11.7. The van der Waals surface area contributed by atoms with E-state index in [0.717, 1.165) is 0 Å². The number of rotatable bonds is 2. The zero-order chi connectivity index (χ0) is 10.9. The van der Waals surface area contributed by atoms with Crippen molar-refractivity contribution < 1.29 is 27.5 Å². The van der Waals surface area contributed by atoms with Crippen molar-refractivity contribution in [1.29, 1.82) is 0 Å². The number of aryl methyl sites for hydroxylation is 1. The fourth-order valence-electron chi connectivity index (χ4n) is 0.880. The second-order valence-electron chi connectivity index (χ2n) is 2.45. The zero-order valence-electron chi connectivity index (χ0n) is 7.05. The molecule has 78 valence electrons. The molecule has 14 heavy (non-hydrogen) atoms. The third-order valence-corrected chi connectivity index (χ3v) is 1.47. The quantitative estimate of drug-likeness (QED) is 0.808. The highest BCUT2D eigenvalue weighted by atomic mass is 19.4. The van der Waals surface area contributed by atoms with E-state index >= 15 is 0 Å². The van der Waals surface area contributed by atoms with Crippen LogP contribution >= 0.6 is 0 Å². The molecule has 0 bridgehead atoms. The lowest BCUT2D eigenvalue weighted by Gasteiger charge is -1.97. The Labute approximate surface area is 76.4 Å². The molecule has 1 rings (SSSR count). The summed E-state index contributed by atoms with van der Waals surface area (Å²) in [4.78, 5) is 13.5. The molecule has 7 heteroatoms. The molecular weight excluding hydrogens is 203 g/mol. The summed E-state index contributed by atoms with van der Waals surface area (Å²) in [5.74, 6) is -3.82. The molecule has 0 aliphatic carbocycles. The van der Waals surface area contributed by atoms with Crippen LogP contribution in [0.25, 0.3) is 0 Å². The van der Waals surface area contributed by atoms with Gasteiger partial charge in [0.2, 0.25) is 5.76 Å². The van der Waals surface area contributed by atoms with Crippen molar-refractivity contribution in [3.05, 3.63) is 17.3 Å². The second kappa shape index (κ2) is 3.32. The van der Waals surface area contributed by atoms with Gasteiger partial charge in [-0.15, -0.1) is 0 Å². The number of alkyl halides is 3. The Kier molecular flexibility index (Phi) is 2.50. The van der Waals surface area contributed by atoms with Crippen molar-refractivity contribution in [2.75, 3.05) is 0 Å². The third-order valence-electron chi connectivity index (χ3n) is 1.47. The van der Waals surface area contributed by atoms with Gasteiger partial charge in [0.1, 0.15) is 0 Å². The van der Waals surface area contributed by atoms with E-state index in [2.05, 4.69) is 9.40 Å². The predicted molar refractivity (Wildman–Crippen MR) is 37.8 cm³/mol. The van der Waals surface area contributed by atoms with Crippen LogP contribution in [0.1, 0.15) is 29.1 Å². The molecule has 0 aliphatic heterocycles. The number of aromatic carboxylic acids is 1. The molecule has 0 saturated carbocycles. The minimum absolute atomic E-state index is 0.0706. The molecular formula is C7H6F3NO3. The largest absolute Gasteiger partial charge is 0.475 e. The SMILES string of the molecule is CCc1nc(C(F)(F)F)oc1C(=O)O. The molecule has 4 nitrogen and oxygen atoms in total. The molecule has 1 aromatic heterocycles. The summed E-state index contributed by atoms with van der Waals surface area (Å²) in [5, 5.41) is 8.47. The summed E-state index contributed by atoms with van der Waals surface area (Å²) < 4.78 is 40.2. The van der Waals surface area contributed by atoms with Crippen LogP contribution in [-0.2, 0) is 12.6 Å². The van der Waals surface area contributed by atoms with Gasteiger partial charge >= 0.3 is 18.0 Å². The number of nitrogens with zero attached hydrogens (tertiary/aromatic N) is 1. The number of aromatic nitrogens is 1. The predicted octanol–water partition coefficient (Wildman–Crippen LogP) is 1.95. The first-order chi connectivity index (χ1) is 6.36. The van der Waals surface area contributed by atoms with Gasteiger partial charge in [0, 0.05) is 0 Å². The molecule has 0 spiro atoms. The van der Waals surface area contributed by atoms with Gasteiger partial charge in [-0.3, -0.25) is 0 Å². The van der Waals surface area contributed by atoms with Crippen molar-refractivity contribution in [3.8, 4) is 0 Å². The molecule has 0 amide bonds. The standard InChI is InChI=1S/C7H6F3NO3/c1-2-3-4(5(12)13)14-6(11-3)7(8,9)10/h2H2,1H3,(H,12,13).